The summed E-state index contributed by atoms with van der Waals surface area (Å²) in [5, 5.41) is 4.07. The summed E-state index contributed by atoms with van der Waals surface area (Å²) < 4.78 is 0. The van der Waals surface area contributed by atoms with Crippen molar-refractivity contribution in [2.45, 2.75) is 51.9 Å². The molecule has 1 N–H and O–H groups in total. The zero-order valence-electron chi connectivity index (χ0n) is 15.9. The second-order valence-corrected chi connectivity index (χ2v) is 7.39. The van der Waals surface area contributed by atoms with Gasteiger partial charge < -0.3 is 5.32 Å². The van der Waals surface area contributed by atoms with Crippen molar-refractivity contribution in [1.82, 2.24) is 4.98 Å². The van der Waals surface area contributed by atoms with Crippen LogP contribution in [0.4, 0.5) is 5.69 Å². The molecule has 0 fully saturated rings. The minimum Gasteiger partial charge on any atom is -0.322 e. The van der Waals surface area contributed by atoms with Crippen molar-refractivity contribution in [3.05, 3.63) is 70.9 Å². The highest BCUT2D eigenvalue weighted by atomic mass is 16.1. The van der Waals surface area contributed by atoms with Gasteiger partial charge in [0.1, 0.15) is 0 Å². The number of aryl methyl sites for hydroxylation is 2. The Kier molecular flexibility index (Phi) is 5.19. The van der Waals surface area contributed by atoms with E-state index < -0.39 is 0 Å². The Labute approximate surface area is 160 Å². The zero-order valence-corrected chi connectivity index (χ0v) is 15.9. The maximum Gasteiger partial charge on any atom is 0.256 e. The van der Waals surface area contributed by atoms with Crippen molar-refractivity contribution < 1.29 is 4.79 Å². The number of carbonyl (C=O) groups excluding carboxylic acids is 1. The molecule has 0 spiro atoms. The Morgan fingerprint density at radius 2 is 1.81 bits per heavy atom. The molecule has 3 aromatic rings. The lowest BCUT2D eigenvalue weighted by atomic mass is 9.89. The van der Waals surface area contributed by atoms with Gasteiger partial charge in [0.15, 0.2) is 0 Å². The van der Waals surface area contributed by atoms with E-state index in [-0.39, 0.29) is 5.91 Å². The monoisotopic (exact) mass is 358 g/mol. The molecule has 1 aliphatic carbocycles. The topological polar surface area (TPSA) is 42.0 Å². The summed E-state index contributed by atoms with van der Waals surface area (Å²) >= 11 is 0. The molecular formula is C24H26N2O. The lowest BCUT2D eigenvalue weighted by Crippen LogP contribution is -2.19. The van der Waals surface area contributed by atoms with E-state index in [0.29, 0.717) is 0 Å². The largest absolute Gasteiger partial charge is 0.322 e. The standard InChI is InChI=1S/C24H26N2O/c1-2-3-8-17-13-15-18(16-14-17)25-24(27)23-19-9-4-6-11-21(19)26-22-12-7-5-10-20(22)23/h4,6,9,11,13-16H,2-3,5,7-8,10,12H2,1H3,(H,25,27). The Balaban J connectivity index is 1.66. The number of rotatable bonds is 5. The number of amides is 1. The van der Waals surface area contributed by atoms with Crippen molar-refractivity contribution in [3.8, 4) is 0 Å². The summed E-state index contributed by atoms with van der Waals surface area (Å²) in [6.07, 6.45) is 7.66. The third-order valence-corrected chi connectivity index (χ3v) is 5.43. The molecule has 0 radical (unpaired) electrons. The molecule has 1 aliphatic rings. The van der Waals surface area contributed by atoms with Crippen LogP contribution in [-0.4, -0.2) is 10.9 Å². The van der Waals surface area contributed by atoms with Crippen LogP contribution < -0.4 is 5.32 Å². The molecule has 0 atom stereocenters. The predicted octanol–water partition coefficient (Wildman–Crippen LogP) is 5.71. The number of hydrogen-bond donors (Lipinski definition) is 1. The number of pyridine rings is 1. The molecule has 3 heteroatoms. The molecule has 0 unspecified atom stereocenters. The van der Waals surface area contributed by atoms with E-state index in [1.807, 2.05) is 36.4 Å². The molecule has 0 saturated carbocycles. The van der Waals surface area contributed by atoms with E-state index in [0.717, 1.165) is 65.5 Å². The first-order valence-electron chi connectivity index (χ1n) is 10.1. The first kappa shape index (κ1) is 17.7. The number of benzene rings is 2. The van der Waals surface area contributed by atoms with Crippen molar-refractivity contribution in [2.24, 2.45) is 0 Å². The van der Waals surface area contributed by atoms with Crippen molar-refractivity contribution in [3.63, 3.8) is 0 Å². The SMILES string of the molecule is CCCCc1ccc(NC(=O)c2c3c(nc4ccccc24)CCCC3)cc1. The quantitative estimate of drug-likeness (QED) is 0.635. The second kappa shape index (κ2) is 7.91. The number of fused-ring (bicyclic) bond motifs is 2. The molecule has 0 saturated heterocycles. The van der Waals surface area contributed by atoms with Crippen molar-refractivity contribution >= 4 is 22.5 Å². The lowest BCUT2D eigenvalue weighted by Gasteiger charge is -2.20. The second-order valence-electron chi connectivity index (χ2n) is 7.39. The van der Waals surface area contributed by atoms with Gasteiger partial charge in [0, 0.05) is 16.8 Å². The Bertz CT molecular complexity index is 960. The Morgan fingerprint density at radius 3 is 2.63 bits per heavy atom. The molecular weight excluding hydrogens is 332 g/mol. The van der Waals surface area contributed by atoms with Gasteiger partial charge in [-0.2, -0.15) is 0 Å². The molecule has 1 amide bonds. The van der Waals surface area contributed by atoms with Gasteiger partial charge in [0.25, 0.3) is 5.91 Å². The molecule has 1 aromatic heterocycles. The minimum atomic E-state index is -0.0203. The van der Waals surface area contributed by atoms with Gasteiger partial charge in [-0.3, -0.25) is 9.78 Å². The third kappa shape index (κ3) is 3.73. The number of hydrogen-bond acceptors (Lipinski definition) is 2. The molecule has 27 heavy (non-hydrogen) atoms. The number of unbranched alkanes of at least 4 members (excludes halogenated alkanes) is 1. The summed E-state index contributed by atoms with van der Waals surface area (Å²) in [7, 11) is 0. The number of para-hydroxylation sites is 1. The highest BCUT2D eigenvalue weighted by molar-refractivity contribution is 6.13. The van der Waals surface area contributed by atoms with Crippen LogP contribution in [-0.2, 0) is 19.3 Å². The van der Waals surface area contributed by atoms with E-state index in [4.69, 9.17) is 4.98 Å². The van der Waals surface area contributed by atoms with Crippen LogP contribution in [0.15, 0.2) is 48.5 Å². The van der Waals surface area contributed by atoms with Crippen LogP contribution in [0.25, 0.3) is 10.9 Å². The van der Waals surface area contributed by atoms with Gasteiger partial charge in [0.2, 0.25) is 0 Å². The van der Waals surface area contributed by atoms with E-state index in [1.165, 1.54) is 18.4 Å². The van der Waals surface area contributed by atoms with E-state index >= 15 is 0 Å². The molecule has 1 heterocycles. The predicted molar refractivity (Wildman–Crippen MR) is 111 cm³/mol. The summed E-state index contributed by atoms with van der Waals surface area (Å²) in [5.41, 5.74) is 6.13. The Hall–Kier alpha value is -2.68. The molecule has 0 aliphatic heterocycles. The highest BCUT2D eigenvalue weighted by Crippen LogP contribution is 2.30. The zero-order chi connectivity index (χ0) is 18.6. The molecule has 2 aromatic carbocycles. The third-order valence-electron chi connectivity index (χ3n) is 5.43. The first-order chi connectivity index (χ1) is 13.3. The minimum absolute atomic E-state index is 0.0203. The number of aromatic nitrogens is 1. The maximum absolute atomic E-state index is 13.2. The van der Waals surface area contributed by atoms with E-state index in [1.54, 1.807) is 0 Å². The average Bonchev–Trinajstić information content (AvgIpc) is 2.71. The number of carbonyl (C=O) groups is 1. The Morgan fingerprint density at radius 1 is 1.04 bits per heavy atom. The van der Waals surface area contributed by atoms with Gasteiger partial charge in [-0.15, -0.1) is 0 Å². The maximum atomic E-state index is 13.2. The van der Waals surface area contributed by atoms with E-state index in [2.05, 4.69) is 24.4 Å². The van der Waals surface area contributed by atoms with Crippen LogP contribution in [0, 0.1) is 0 Å². The smallest absolute Gasteiger partial charge is 0.256 e. The molecule has 4 rings (SSSR count). The fourth-order valence-electron chi connectivity index (χ4n) is 3.96. The summed E-state index contributed by atoms with van der Waals surface area (Å²) in [6.45, 7) is 2.20. The van der Waals surface area contributed by atoms with Gasteiger partial charge in [-0.1, -0.05) is 43.7 Å². The number of anilines is 1. The fourth-order valence-corrected chi connectivity index (χ4v) is 3.96. The van der Waals surface area contributed by atoms with Crippen molar-refractivity contribution in [1.29, 1.82) is 0 Å². The number of nitrogens with zero attached hydrogens (tertiary/aromatic N) is 1. The normalized spacial score (nSPS) is 13.4. The molecule has 3 nitrogen and oxygen atoms in total. The van der Waals surface area contributed by atoms with Crippen LogP contribution in [0.2, 0.25) is 0 Å². The van der Waals surface area contributed by atoms with E-state index in [9.17, 15) is 4.79 Å². The fraction of sp³-hybridized carbons (Fsp3) is 0.333. The highest BCUT2D eigenvalue weighted by Gasteiger charge is 2.22. The van der Waals surface area contributed by atoms with Crippen LogP contribution in [0.5, 0.6) is 0 Å². The van der Waals surface area contributed by atoms with Crippen LogP contribution >= 0.6 is 0 Å². The lowest BCUT2D eigenvalue weighted by molar-refractivity contribution is 0.102. The first-order valence-corrected chi connectivity index (χ1v) is 10.1. The van der Waals surface area contributed by atoms with Crippen LogP contribution in [0.1, 0.15) is 59.8 Å². The molecule has 0 bridgehead atoms. The summed E-state index contributed by atoms with van der Waals surface area (Å²) in [5.74, 6) is -0.0203. The summed E-state index contributed by atoms with van der Waals surface area (Å²) in [6, 6.07) is 16.2. The average molecular weight is 358 g/mol. The van der Waals surface area contributed by atoms with Gasteiger partial charge in [-0.25, -0.2) is 0 Å². The molecule has 138 valence electrons. The van der Waals surface area contributed by atoms with Gasteiger partial charge >= 0.3 is 0 Å². The number of nitrogens with one attached hydrogen (secondary N) is 1. The summed E-state index contributed by atoms with van der Waals surface area (Å²) in [4.78, 5) is 18.0. The van der Waals surface area contributed by atoms with Gasteiger partial charge in [0.05, 0.1) is 11.1 Å². The van der Waals surface area contributed by atoms with Gasteiger partial charge in [-0.05, 0) is 67.9 Å². The van der Waals surface area contributed by atoms with Crippen LogP contribution in [0.3, 0.4) is 0 Å². The van der Waals surface area contributed by atoms with Crippen molar-refractivity contribution in [2.75, 3.05) is 5.32 Å².